The monoisotopic (exact) mass is 265 g/mol. The fourth-order valence-corrected chi connectivity index (χ4v) is 1.60. The van der Waals surface area contributed by atoms with Crippen molar-refractivity contribution < 1.29 is 4.92 Å². The first kappa shape index (κ1) is 12.3. The minimum Gasteiger partial charge on any atom is -0.358 e. The Morgan fingerprint density at radius 1 is 1.33 bits per heavy atom. The summed E-state index contributed by atoms with van der Waals surface area (Å²) in [5.74, 6) is -0.690. The highest BCUT2D eigenvalue weighted by atomic mass is 35.5. The van der Waals surface area contributed by atoms with Crippen LogP contribution in [0, 0.1) is 10.1 Å². The lowest BCUT2D eigenvalue weighted by atomic mass is 10.2. The van der Waals surface area contributed by atoms with Crippen LogP contribution in [0.5, 0.6) is 0 Å². The van der Waals surface area contributed by atoms with Crippen LogP contribution in [0.4, 0.5) is 5.82 Å². The zero-order valence-corrected chi connectivity index (χ0v) is 10.1. The first-order valence-corrected chi connectivity index (χ1v) is 5.35. The van der Waals surface area contributed by atoms with Gasteiger partial charge in [0.25, 0.3) is 0 Å². The molecule has 0 N–H and O–H groups in total. The van der Waals surface area contributed by atoms with Crippen molar-refractivity contribution >= 4 is 17.4 Å². The molecule has 0 saturated heterocycles. The molecule has 92 valence electrons. The molecule has 0 amide bonds. The third-order valence-corrected chi connectivity index (χ3v) is 2.62. The lowest BCUT2D eigenvalue weighted by molar-refractivity contribution is -0.391. The van der Waals surface area contributed by atoms with Gasteiger partial charge in [0.2, 0.25) is 0 Å². The van der Waals surface area contributed by atoms with E-state index >= 15 is 0 Å². The predicted molar refractivity (Wildman–Crippen MR) is 66.6 cm³/mol. The van der Waals surface area contributed by atoms with Gasteiger partial charge in [-0.25, -0.2) is 0 Å². The van der Waals surface area contributed by atoms with Crippen molar-refractivity contribution in [1.82, 2.24) is 9.55 Å². The molecule has 2 aromatic rings. The molecule has 0 aliphatic rings. The Labute approximate surface area is 107 Å². The van der Waals surface area contributed by atoms with E-state index in [0.29, 0.717) is 16.3 Å². The number of hydrogen-bond donors (Lipinski definition) is 0. The standard InChI is InChI=1S/C11H8ClN3O3/c1-14-6-9(7-2-4-8(12)5-3-7)13-10(11(14)16)15(17)18/h2-6H,1H3. The van der Waals surface area contributed by atoms with Crippen molar-refractivity contribution in [3.63, 3.8) is 0 Å². The molecule has 0 saturated carbocycles. The number of aryl methyl sites for hydroxylation is 1. The minimum absolute atomic E-state index is 0.348. The number of hydrogen-bond acceptors (Lipinski definition) is 4. The van der Waals surface area contributed by atoms with Crippen molar-refractivity contribution in [2.45, 2.75) is 0 Å². The van der Waals surface area contributed by atoms with Crippen molar-refractivity contribution in [3.8, 4) is 11.3 Å². The average Bonchev–Trinajstić information content (AvgIpc) is 2.33. The molecule has 2 rings (SSSR count). The van der Waals surface area contributed by atoms with E-state index in [1.807, 2.05) is 0 Å². The number of benzene rings is 1. The molecular weight excluding hydrogens is 258 g/mol. The van der Waals surface area contributed by atoms with Crippen LogP contribution in [0.1, 0.15) is 0 Å². The van der Waals surface area contributed by atoms with Gasteiger partial charge in [-0.3, -0.25) is 4.79 Å². The normalized spacial score (nSPS) is 10.3. The third kappa shape index (κ3) is 2.23. The third-order valence-electron chi connectivity index (χ3n) is 2.37. The summed E-state index contributed by atoms with van der Waals surface area (Å²) in [7, 11) is 1.44. The molecule has 6 nitrogen and oxygen atoms in total. The van der Waals surface area contributed by atoms with Crippen LogP contribution in [-0.4, -0.2) is 14.5 Å². The smallest absolute Gasteiger partial charge is 0.358 e. The maximum absolute atomic E-state index is 11.5. The highest BCUT2D eigenvalue weighted by molar-refractivity contribution is 6.30. The summed E-state index contributed by atoms with van der Waals surface area (Å²) >= 11 is 5.75. The molecule has 0 atom stereocenters. The second-order valence-corrected chi connectivity index (χ2v) is 4.07. The van der Waals surface area contributed by atoms with Crippen LogP contribution in [0.25, 0.3) is 11.3 Å². The van der Waals surface area contributed by atoms with Gasteiger partial charge in [0, 0.05) is 17.6 Å². The number of nitro groups is 1. The molecule has 18 heavy (non-hydrogen) atoms. The Bertz CT molecular complexity index is 664. The summed E-state index contributed by atoms with van der Waals surface area (Å²) < 4.78 is 1.13. The number of aromatic nitrogens is 2. The highest BCUT2D eigenvalue weighted by Gasteiger charge is 2.19. The van der Waals surface area contributed by atoms with Crippen molar-refractivity contribution in [3.05, 3.63) is 56.0 Å². The SMILES string of the molecule is Cn1cc(-c2ccc(Cl)cc2)nc([N+](=O)[O-])c1=O. The Morgan fingerprint density at radius 3 is 2.50 bits per heavy atom. The second-order valence-electron chi connectivity index (χ2n) is 3.63. The molecule has 0 fully saturated rings. The van der Waals surface area contributed by atoms with Gasteiger partial charge >= 0.3 is 11.4 Å². The van der Waals surface area contributed by atoms with Crippen LogP contribution in [0.2, 0.25) is 5.02 Å². The first-order valence-electron chi connectivity index (χ1n) is 4.97. The lowest BCUT2D eigenvalue weighted by Crippen LogP contribution is -2.21. The van der Waals surface area contributed by atoms with Crippen LogP contribution < -0.4 is 5.56 Å². The lowest BCUT2D eigenvalue weighted by Gasteiger charge is -2.01. The average molecular weight is 266 g/mol. The van der Waals surface area contributed by atoms with E-state index in [9.17, 15) is 14.9 Å². The number of nitrogens with zero attached hydrogens (tertiary/aromatic N) is 3. The molecule has 0 unspecified atom stereocenters. The summed E-state index contributed by atoms with van der Waals surface area (Å²) in [5.41, 5.74) is 0.260. The summed E-state index contributed by atoms with van der Waals surface area (Å²) in [6, 6.07) is 6.66. The fraction of sp³-hybridized carbons (Fsp3) is 0.0909. The topological polar surface area (TPSA) is 78.0 Å². The van der Waals surface area contributed by atoms with Crippen molar-refractivity contribution in [2.75, 3.05) is 0 Å². The molecule has 0 radical (unpaired) electrons. The van der Waals surface area contributed by atoms with Crippen LogP contribution in [0.15, 0.2) is 35.3 Å². The van der Waals surface area contributed by atoms with Gasteiger partial charge in [-0.1, -0.05) is 11.6 Å². The van der Waals surface area contributed by atoms with Gasteiger partial charge in [0.1, 0.15) is 0 Å². The van der Waals surface area contributed by atoms with Crippen molar-refractivity contribution in [2.24, 2.45) is 7.05 Å². The first-order chi connectivity index (χ1) is 8.49. The van der Waals surface area contributed by atoms with E-state index in [2.05, 4.69) is 4.98 Å². The van der Waals surface area contributed by atoms with Gasteiger partial charge in [-0.15, -0.1) is 0 Å². The quantitative estimate of drug-likeness (QED) is 0.615. The molecule has 1 aromatic carbocycles. The maximum atomic E-state index is 11.5. The largest absolute Gasteiger partial charge is 0.430 e. The second kappa shape index (κ2) is 4.58. The summed E-state index contributed by atoms with van der Waals surface area (Å²) in [4.78, 5) is 25.2. The Balaban J connectivity index is 2.62. The summed E-state index contributed by atoms with van der Waals surface area (Å²) in [6.45, 7) is 0. The van der Waals surface area contributed by atoms with Gasteiger partial charge in [-0.2, -0.15) is 0 Å². The predicted octanol–water partition coefficient (Wildman–Crippen LogP) is 2.01. The summed E-state index contributed by atoms with van der Waals surface area (Å²) in [6.07, 6.45) is 1.44. The van der Waals surface area contributed by atoms with Gasteiger partial charge in [0.05, 0.1) is 6.20 Å². The number of halogens is 1. The summed E-state index contributed by atoms with van der Waals surface area (Å²) in [5, 5.41) is 11.3. The molecule has 0 aliphatic heterocycles. The van der Waals surface area contributed by atoms with E-state index in [1.165, 1.54) is 13.2 Å². The maximum Gasteiger partial charge on any atom is 0.430 e. The zero-order valence-electron chi connectivity index (χ0n) is 9.33. The van der Waals surface area contributed by atoms with E-state index in [4.69, 9.17) is 11.6 Å². The van der Waals surface area contributed by atoms with E-state index in [1.54, 1.807) is 24.3 Å². The molecule has 7 heteroatoms. The molecule has 1 aromatic heterocycles. The molecule has 0 aliphatic carbocycles. The van der Waals surface area contributed by atoms with Gasteiger partial charge in [0.15, 0.2) is 5.69 Å². The molecule has 0 bridgehead atoms. The van der Waals surface area contributed by atoms with Crippen LogP contribution >= 0.6 is 11.6 Å². The highest BCUT2D eigenvalue weighted by Crippen LogP contribution is 2.19. The molecule has 1 heterocycles. The van der Waals surface area contributed by atoms with Gasteiger partial charge in [-0.05, 0) is 34.2 Å². The Hall–Kier alpha value is -2.21. The van der Waals surface area contributed by atoms with E-state index in [0.717, 1.165) is 4.57 Å². The number of rotatable bonds is 2. The molecular formula is C11H8ClN3O3. The minimum atomic E-state index is -0.790. The van der Waals surface area contributed by atoms with Gasteiger partial charge < -0.3 is 14.7 Å². The zero-order chi connectivity index (χ0) is 13.3. The van der Waals surface area contributed by atoms with Crippen LogP contribution in [-0.2, 0) is 7.05 Å². The van der Waals surface area contributed by atoms with E-state index < -0.39 is 16.3 Å². The fourth-order valence-electron chi connectivity index (χ4n) is 1.47. The Kier molecular flexibility index (Phi) is 3.12. The van der Waals surface area contributed by atoms with E-state index in [-0.39, 0.29) is 0 Å². The molecule has 0 spiro atoms. The van der Waals surface area contributed by atoms with Crippen molar-refractivity contribution in [1.29, 1.82) is 0 Å². The Morgan fingerprint density at radius 2 is 1.94 bits per heavy atom. The van der Waals surface area contributed by atoms with Crippen LogP contribution in [0.3, 0.4) is 0 Å².